The Morgan fingerprint density at radius 1 is 1.42 bits per heavy atom. The van der Waals surface area contributed by atoms with Crippen LogP contribution in [0.5, 0.6) is 5.75 Å². The van der Waals surface area contributed by atoms with Gasteiger partial charge >= 0.3 is 0 Å². The molecule has 1 aliphatic rings. The summed E-state index contributed by atoms with van der Waals surface area (Å²) < 4.78 is 13.5. The van der Waals surface area contributed by atoms with E-state index in [1.807, 2.05) is 6.07 Å². The molecule has 2 rings (SSSR count). The van der Waals surface area contributed by atoms with Gasteiger partial charge < -0.3 is 9.84 Å². The van der Waals surface area contributed by atoms with Crippen molar-refractivity contribution in [3.63, 3.8) is 0 Å². The van der Waals surface area contributed by atoms with Crippen LogP contribution in [0.1, 0.15) is 51.6 Å². The third-order valence-corrected chi connectivity index (χ3v) is 3.66. The minimum absolute atomic E-state index is 0.0333. The van der Waals surface area contributed by atoms with Gasteiger partial charge in [-0.05, 0) is 36.5 Å². The highest BCUT2D eigenvalue weighted by atomic mass is 16.5. The highest BCUT2D eigenvalue weighted by Gasteiger charge is 2.14. The maximum atomic E-state index is 9.82. The van der Waals surface area contributed by atoms with Crippen LogP contribution in [0.25, 0.3) is 0 Å². The molecule has 0 amide bonds. The van der Waals surface area contributed by atoms with Crippen LogP contribution in [-0.2, 0) is 0 Å². The van der Waals surface area contributed by atoms with Crippen LogP contribution in [-0.4, -0.2) is 11.7 Å². The van der Waals surface area contributed by atoms with E-state index in [1.54, 1.807) is 18.2 Å². The van der Waals surface area contributed by atoms with Gasteiger partial charge in [-0.1, -0.05) is 31.4 Å². The molecular weight excluding hydrogens is 238 g/mol. The quantitative estimate of drug-likeness (QED) is 0.880. The topological polar surface area (TPSA) is 53.2 Å². The second-order valence-electron chi connectivity index (χ2n) is 5.20. The molecule has 0 aliphatic heterocycles. The number of hydrogen-bond donors (Lipinski definition) is 1. The van der Waals surface area contributed by atoms with Gasteiger partial charge in [0, 0.05) is 0 Å². The molecular formula is C16H21NO2. The minimum atomic E-state index is -0.845. The van der Waals surface area contributed by atoms with Gasteiger partial charge in [-0.3, -0.25) is 0 Å². The van der Waals surface area contributed by atoms with Crippen molar-refractivity contribution in [2.75, 3.05) is 6.61 Å². The van der Waals surface area contributed by atoms with Gasteiger partial charge in [-0.25, -0.2) is 0 Å². The normalized spacial score (nSPS) is 18.4. The maximum Gasteiger partial charge on any atom is 0.119 e. The number of ether oxygens (including phenoxy) is 1. The summed E-state index contributed by atoms with van der Waals surface area (Å²) in [5, 5.41) is 18.4. The molecule has 3 heteroatoms. The Kier molecular flexibility index (Phi) is 4.71. The lowest BCUT2D eigenvalue weighted by atomic mass is 9.90. The van der Waals surface area contributed by atoms with Gasteiger partial charge in [0.1, 0.15) is 5.75 Å². The fourth-order valence-electron chi connectivity index (χ4n) is 2.52. The summed E-state index contributed by atoms with van der Waals surface area (Å²) in [6.45, 7) is 0.678. The standard InChI is InChI=1S/C16H21NO2/c17-10-9-16(18)14-7-4-8-15(11-14)19-12-13-5-2-1-3-6-13/h4,7-8,11,13,16,18H,1-3,5-6,9,12H2/i4D. The molecule has 1 atom stereocenters. The van der Waals surface area contributed by atoms with Crippen LogP contribution < -0.4 is 4.74 Å². The first-order chi connectivity index (χ1) is 9.69. The molecule has 1 N–H and O–H groups in total. The Labute approximate surface area is 116 Å². The number of rotatable bonds is 5. The number of nitrogens with zero attached hydrogens (tertiary/aromatic N) is 1. The maximum absolute atomic E-state index is 9.82. The molecule has 0 saturated heterocycles. The molecule has 1 fully saturated rings. The summed E-state index contributed by atoms with van der Waals surface area (Å²) in [6, 6.07) is 7.22. The molecule has 0 aromatic heterocycles. The summed E-state index contributed by atoms with van der Waals surface area (Å²) in [6.07, 6.45) is 5.49. The van der Waals surface area contributed by atoms with E-state index in [-0.39, 0.29) is 6.42 Å². The zero-order chi connectivity index (χ0) is 14.4. The summed E-state index contributed by atoms with van der Waals surface area (Å²) >= 11 is 0. The van der Waals surface area contributed by atoms with Crippen LogP contribution in [0, 0.1) is 17.2 Å². The Bertz CT molecular complexity index is 478. The highest BCUT2D eigenvalue weighted by Crippen LogP contribution is 2.26. The van der Waals surface area contributed by atoms with Crippen molar-refractivity contribution in [2.24, 2.45) is 5.92 Å². The predicted molar refractivity (Wildman–Crippen MR) is 73.7 cm³/mol. The summed E-state index contributed by atoms with van der Waals surface area (Å²) in [7, 11) is 0. The second-order valence-corrected chi connectivity index (χ2v) is 5.20. The van der Waals surface area contributed by atoms with E-state index in [0.29, 0.717) is 29.9 Å². The molecule has 0 spiro atoms. The first-order valence-electron chi connectivity index (χ1n) is 7.48. The lowest BCUT2D eigenvalue weighted by Crippen LogP contribution is -2.15. The Morgan fingerprint density at radius 3 is 2.95 bits per heavy atom. The summed E-state index contributed by atoms with van der Waals surface area (Å²) in [4.78, 5) is 0. The molecule has 0 heterocycles. The first-order valence-corrected chi connectivity index (χ1v) is 6.98. The minimum Gasteiger partial charge on any atom is -0.493 e. The molecule has 1 aromatic carbocycles. The molecule has 1 aliphatic carbocycles. The van der Waals surface area contributed by atoms with Crippen molar-refractivity contribution in [1.29, 1.82) is 5.26 Å². The van der Waals surface area contributed by atoms with Gasteiger partial charge in [-0.15, -0.1) is 0 Å². The third-order valence-electron chi connectivity index (χ3n) is 3.66. The highest BCUT2D eigenvalue weighted by molar-refractivity contribution is 5.30. The van der Waals surface area contributed by atoms with Crippen LogP contribution in [0.4, 0.5) is 0 Å². The monoisotopic (exact) mass is 260 g/mol. The number of hydrogen-bond acceptors (Lipinski definition) is 3. The van der Waals surface area contributed by atoms with Crippen molar-refractivity contribution in [3.8, 4) is 11.8 Å². The average Bonchev–Trinajstić information content (AvgIpc) is 2.46. The van der Waals surface area contributed by atoms with Crippen molar-refractivity contribution in [1.82, 2.24) is 0 Å². The molecule has 0 bridgehead atoms. The largest absolute Gasteiger partial charge is 0.493 e. The summed E-state index contributed by atoms with van der Waals surface area (Å²) in [5.74, 6) is 1.22. The molecule has 0 radical (unpaired) electrons. The van der Waals surface area contributed by atoms with Crippen molar-refractivity contribution >= 4 is 0 Å². The van der Waals surface area contributed by atoms with E-state index >= 15 is 0 Å². The molecule has 1 aromatic rings. The lowest BCUT2D eigenvalue weighted by molar-refractivity contribution is 0.181. The van der Waals surface area contributed by atoms with Crippen molar-refractivity contribution in [2.45, 2.75) is 44.6 Å². The van der Waals surface area contributed by atoms with E-state index in [2.05, 4.69) is 0 Å². The van der Waals surface area contributed by atoms with Gasteiger partial charge in [-0.2, -0.15) is 5.26 Å². The molecule has 1 unspecified atom stereocenters. The first kappa shape index (κ1) is 12.5. The Hall–Kier alpha value is -1.53. The third kappa shape index (κ3) is 4.25. The molecule has 102 valence electrons. The predicted octanol–water partition coefficient (Wildman–Crippen LogP) is 3.59. The Balaban J connectivity index is 1.98. The number of nitriles is 1. The van der Waals surface area contributed by atoms with Gasteiger partial charge in [0.15, 0.2) is 0 Å². The fourth-order valence-corrected chi connectivity index (χ4v) is 2.52. The average molecular weight is 260 g/mol. The zero-order valence-corrected chi connectivity index (χ0v) is 11.1. The molecule has 3 nitrogen and oxygen atoms in total. The number of aliphatic hydroxyl groups excluding tert-OH is 1. The van der Waals surface area contributed by atoms with E-state index < -0.39 is 6.10 Å². The summed E-state index contributed by atoms with van der Waals surface area (Å²) in [5.41, 5.74) is 0.581. The number of benzene rings is 1. The number of aliphatic hydroxyl groups is 1. The second kappa shape index (κ2) is 7.16. The van der Waals surface area contributed by atoms with Crippen molar-refractivity contribution < 1.29 is 11.2 Å². The molecule has 19 heavy (non-hydrogen) atoms. The van der Waals surface area contributed by atoms with Crippen molar-refractivity contribution in [3.05, 3.63) is 29.8 Å². The van der Waals surface area contributed by atoms with E-state index in [0.717, 1.165) is 0 Å². The van der Waals surface area contributed by atoms with E-state index in [9.17, 15) is 5.11 Å². The van der Waals surface area contributed by atoms with Crippen LogP contribution in [0.15, 0.2) is 24.2 Å². The smallest absolute Gasteiger partial charge is 0.119 e. The lowest BCUT2D eigenvalue weighted by Gasteiger charge is -2.21. The molecule has 1 saturated carbocycles. The van der Waals surface area contributed by atoms with E-state index in [1.165, 1.54) is 32.1 Å². The van der Waals surface area contributed by atoms with E-state index in [4.69, 9.17) is 11.4 Å². The SMILES string of the molecule is [2H]c1cc(OCC2CCCCC2)cc(C(O)CC#N)c1. The van der Waals surface area contributed by atoms with Crippen LogP contribution in [0.2, 0.25) is 0 Å². The zero-order valence-electron chi connectivity index (χ0n) is 12.1. The fraction of sp³-hybridized carbons (Fsp3) is 0.562. The van der Waals surface area contributed by atoms with Gasteiger partial charge in [0.25, 0.3) is 0 Å². The van der Waals surface area contributed by atoms with Gasteiger partial charge in [0.05, 0.1) is 26.6 Å². The Morgan fingerprint density at radius 2 is 2.21 bits per heavy atom. The van der Waals surface area contributed by atoms with Gasteiger partial charge in [0.2, 0.25) is 0 Å². The van der Waals surface area contributed by atoms with Crippen LogP contribution >= 0.6 is 0 Å². The van der Waals surface area contributed by atoms with Crippen LogP contribution in [0.3, 0.4) is 0 Å².